The van der Waals surface area contributed by atoms with E-state index in [9.17, 15) is 19.2 Å². The summed E-state index contributed by atoms with van der Waals surface area (Å²) in [6, 6.07) is 3.62. The minimum absolute atomic E-state index is 0.146. The van der Waals surface area contributed by atoms with Crippen LogP contribution in [0.2, 0.25) is 0 Å². The normalized spacial score (nSPS) is 25.0. The van der Waals surface area contributed by atoms with Crippen molar-refractivity contribution in [1.82, 2.24) is 15.6 Å². The standard InChI is InChI=1S/C17H19IN3O4Si/c1-10-12(18-8-5-11(22)6-9-18)2-3-13(19-10)15(24)21-17(26)7-4-14(23)20-16(17)25/h2-3H,4-9H2,1H3,(H,21,24)(H,20,23,25)/t17-/m0/s1. The van der Waals surface area contributed by atoms with E-state index in [0.29, 0.717) is 18.6 Å². The van der Waals surface area contributed by atoms with Gasteiger partial charge in [0.1, 0.15) is 0 Å². The molecule has 0 aliphatic carbocycles. The van der Waals surface area contributed by atoms with Gasteiger partial charge in [0.25, 0.3) is 0 Å². The van der Waals surface area contributed by atoms with E-state index in [0.717, 1.165) is 14.5 Å². The topological polar surface area (TPSA) is 105 Å². The number of rotatable bonds is 3. The second-order valence-electron chi connectivity index (χ2n) is 6.37. The molecule has 7 nitrogen and oxygen atoms in total. The Morgan fingerprint density at radius 2 is 1.92 bits per heavy atom. The number of carbonyl (C=O) groups is 4. The second kappa shape index (κ2) is 7.55. The Balaban J connectivity index is 1.72. The first kappa shape index (κ1) is 19.1. The summed E-state index contributed by atoms with van der Waals surface area (Å²) in [4.78, 5) is 51.7. The number of nitrogens with zero attached hydrogens (tertiary/aromatic N) is 1. The molecule has 0 spiro atoms. The summed E-state index contributed by atoms with van der Waals surface area (Å²) in [5.41, 5.74) is 1.06. The van der Waals surface area contributed by atoms with Gasteiger partial charge in [-0.25, -0.2) is 0 Å². The third-order valence-electron chi connectivity index (χ3n) is 4.44. The minimum atomic E-state index is -1.40. The van der Waals surface area contributed by atoms with Crippen molar-refractivity contribution in [2.75, 3.05) is 8.86 Å². The number of piperidine rings is 1. The molecule has 2 aliphatic rings. The molecule has 1 atom stereocenters. The van der Waals surface area contributed by atoms with Crippen LogP contribution in [0, 0.1) is 10.5 Å². The summed E-state index contributed by atoms with van der Waals surface area (Å²) < 4.78 is 3.15. The van der Waals surface area contributed by atoms with E-state index < -0.39 is 36.8 Å². The molecule has 0 aromatic carbocycles. The zero-order chi connectivity index (χ0) is 18.9. The third-order valence-corrected chi connectivity index (χ3v) is 11.5. The fourth-order valence-corrected chi connectivity index (χ4v) is 9.32. The number of halogens is 1. The van der Waals surface area contributed by atoms with Crippen LogP contribution in [0.1, 0.15) is 41.9 Å². The number of alkyl halides is 2. The molecule has 26 heavy (non-hydrogen) atoms. The Bertz CT molecular complexity index is 790. The molecule has 0 unspecified atom stereocenters. The van der Waals surface area contributed by atoms with Crippen molar-refractivity contribution in [3.63, 3.8) is 0 Å². The molecule has 3 radical (unpaired) electrons. The summed E-state index contributed by atoms with van der Waals surface area (Å²) in [6.07, 6.45) is 1.65. The molecular formula is C17H19IN3O4Si. The molecule has 1 aromatic heterocycles. The van der Waals surface area contributed by atoms with E-state index in [1.807, 2.05) is 13.0 Å². The van der Waals surface area contributed by atoms with Gasteiger partial charge in [0, 0.05) is 0 Å². The first-order valence-electron chi connectivity index (χ1n) is 8.31. The maximum absolute atomic E-state index is 12.5. The number of pyridine rings is 1. The van der Waals surface area contributed by atoms with E-state index in [1.165, 1.54) is 3.57 Å². The van der Waals surface area contributed by atoms with Gasteiger partial charge >= 0.3 is 162 Å². The van der Waals surface area contributed by atoms with Crippen molar-refractivity contribution < 1.29 is 19.2 Å². The average Bonchev–Trinajstić information content (AvgIpc) is 2.60. The number of imide groups is 1. The van der Waals surface area contributed by atoms with Crippen molar-refractivity contribution in [3.05, 3.63) is 27.1 Å². The molecule has 3 amide bonds. The third kappa shape index (κ3) is 4.03. The second-order valence-corrected chi connectivity index (χ2v) is 13.2. The van der Waals surface area contributed by atoms with Gasteiger partial charge in [-0.05, 0) is 0 Å². The Morgan fingerprint density at radius 3 is 2.54 bits per heavy atom. The van der Waals surface area contributed by atoms with Crippen LogP contribution in [0.3, 0.4) is 0 Å². The van der Waals surface area contributed by atoms with Crippen LogP contribution in [0.4, 0.5) is 0 Å². The van der Waals surface area contributed by atoms with Gasteiger partial charge in [0.05, 0.1) is 0 Å². The molecule has 0 bridgehead atoms. The van der Waals surface area contributed by atoms with E-state index in [2.05, 4.69) is 25.9 Å². The fourth-order valence-electron chi connectivity index (χ4n) is 2.90. The SMILES string of the molecule is Cc1nc(C(=O)N[C@]2([Si])CCC(=O)NC2=O)ccc1I1CCC(=O)CC1. The van der Waals surface area contributed by atoms with Gasteiger partial charge in [-0.3, -0.25) is 0 Å². The average molecular weight is 484 g/mol. The van der Waals surface area contributed by atoms with Crippen molar-refractivity contribution in [3.8, 4) is 0 Å². The Labute approximate surface area is 161 Å². The first-order valence-corrected chi connectivity index (χ1v) is 12.9. The van der Waals surface area contributed by atoms with Crippen molar-refractivity contribution in [2.24, 2.45) is 0 Å². The van der Waals surface area contributed by atoms with Gasteiger partial charge in [-0.2, -0.15) is 0 Å². The molecule has 2 N–H and O–H groups in total. The number of ketones is 1. The Kier molecular flexibility index (Phi) is 5.56. The number of carbonyl (C=O) groups excluding carboxylic acids is 4. The number of hydrogen-bond acceptors (Lipinski definition) is 5. The van der Waals surface area contributed by atoms with Crippen molar-refractivity contribution in [2.45, 2.75) is 37.8 Å². The van der Waals surface area contributed by atoms with Crippen LogP contribution in [-0.4, -0.2) is 52.7 Å². The van der Waals surface area contributed by atoms with Crippen molar-refractivity contribution in [1.29, 1.82) is 0 Å². The molecule has 3 rings (SSSR count). The maximum atomic E-state index is 12.5. The predicted molar refractivity (Wildman–Crippen MR) is 104 cm³/mol. The number of aryl methyl sites for hydroxylation is 1. The molecule has 1 aromatic rings. The van der Waals surface area contributed by atoms with Crippen LogP contribution >= 0.6 is 19.8 Å². The molecule has 2 fully saturated rings. The predicted octanol–water partition coefficient (Wildman–Crippen LogP) is 0.460. The van der Waals surface area contributed by atoms with Gasteiger partial charge in [-0.1, -0.05) is 0 Å². The molecule has 137 valence electrons. The molecule has 2 saturated heterocycles. The molecule has 0 saturated carbocycles. The summed E-state index contributed by atoms with van der Waals surface area (Å²) in [5, 5.41) is 3.53. The fraction of sp³-hybridized carbons (Fsp3) is 0.471. The Hall–Kier alpha value is -1.62. The summed E-state index contributed by atoms with van der Waals surface area (Å²) >= 11 is -1.40. The van der Waals surface area contributed by atoms with Crippen LogP contribution < -0.4 is 10.6 Å². The number of amides is 3. The van der Waals surface area contributed by atoms with E-state index in [-0.39, 0.29) is 24.4 Å². The van der Waals surface area contributed by atoms with Gasteiger partial charge in [0.15, 0.2) is 0 Å². The molecule has 9 heteroatoms. The summed E-state index contributed by atoms with van der Waals surface area (Å²) in [5.74, 6) is -1.06. The molecule has 3 heterocycles. The van der Waals surface area contributed by atoms with Crippen LogP contribution in [0.15, 0.2) is 12.1 Å². The van der Waals surface area contributed by atoms with E-state index in [4.69, 9.17) is 0 Å². The number of nitrogens with one attached hydrogen (secondary N) is 2. The van der Waals surface area contributed by atoms with Crippen LogP contribution in [0.5, 0.6) is 0 Å². The molecular weight excluding hydrogens is 465 g/mol. The van der Waals surface area contributed by atoms with Gasteiger partial charge < -0.3 is 0 Å². The zero-order valence-electron chi connectivity index (χ0n) is 14.4. The number of Topliss-reactive ketones (excluding diaryl/α,β-unsaturated/α-hetero) is 1. The summed E-state index contributed by atoms with van der Waals surface area (Å²) in [6.45, 7) is 1.88. The van der Waals surface area contributed by atoms with Crippen LogP contribution in [0.25, 0.3) is 0 Å². The zero-order valence-corrected chi connectivity index (χ0v) is 17.5. The van der Waals surface area contributed by atoms with E-state index >= 15 is 0 Å². The molecule has 2 aliphatic heterocycles. The first-order chi connectivity index (χ1) is 12.3. The number of hydrogen-bond donors (Lipinski definition) is 2. The van der Waals surface area contributed by atoms with Crippen molar-refractivity contribution >= 4 is 53.6 Å². The van der Waals surface area contributed by atoms with E-state index in [1.54, 1.807) is 6.07 Å². The quantitative estimate of drug-likeness (QED) is 0.281. The Morgan fingerprint density at radius 1 is 1.23 bits per heavy atom. The number of aromatic nitrogens is 1. The van der Waals surface area contributed by atoms with Gasteiger partial charge in [0.2, 0.25) is 0 Å². The van der Waals surface area contributed by atoms with Crippen LogP contribution in [-0.2, 0) is 14.4 Å². The monoisotopic (exact) mass is 484 g/mol. The summed E-state index contributed by atoms with van der Waals surface area (Å²) in [7, 11) is 3.30. The van der Waals surface area contributed by atoms with Gasteiger partial charge in [-0.15, -0.1) is 0 Å².